The Bertz CT molecular complexity index is 530. The monoisotopic (exact) mass is 271 g/mol. The molecule has 0 saturated heterocycles. The summed E-state index contributed by atoms with van der Waals surface area (Å²) in [6.45, 7) is 3.12. The number of halogens is 3. The number of alkyl halides is 3. The molecule has 0 spiro atoms. The van der Waals surface area contributed by atoms with Crippen LogP contribution in [0.4, 0.5) is 13.2 Å². The summed E-state index contributed by atoms with van der Waals surface area (Å²) in [5.41, 5.74) is -1.38. The van der Waals surface area contributed by atoms with Crippen LogP contribution in [-0.4, -0.2) is 12.6 Å². The van der Waals surface area contributed by atoms with Gasteiger partial charge in [0.05, 0.1) is 23.3 Å². The van der Waals surface area contributed by atoms with E-state index >= 15 is 0 Å². The summed E-state index contributed by atoms with van der Waals surface area (Å²) >= 11 is 0. The van der Waals surface area contributed by atoms with Crippen molar-refractivity contribution in [3.05, 3.63) is 34.4 Å². The second-order valence-corrected chi connectivity index (χ2v) is 3.74. The van der Waals surface area contributed by atoms with Crippen molar-refractivity contribution >= 4 is 5.97 Å². The lowest BCUT2D eigenvalue weighted by atomic mass is 9.97. The van der Waals surface area contributed by atoms with Crippen LogP contribution in [0.2, 0.25) is 0 Å². The van der Waals surface area contributed by atoms with Crippen molar-refractivity contribution in [2.45, 2.75) is 26.4 Å². The molecule has 0 atom stereocenters. The summed E-state index contributed by atoms with van der Waals surface area (Å²) in [4.78, 5) is 11.6. The Kier molecular flexibility index (Phi) is 4.54. The van der Waals surface area contributed by atoms with Crippen LogP contribution in [0, 0.1) is 11.3 Å². The van der Waals surface area contributed by atoms with E-state index in [9.17, 15) is 18.0 Å². The Hall–Kier alpha value is -2.03. The summed E-state index contributed by atoms with van der Waals surface area (Å²) in [5.74, 6) is -0.924. The van der Waals surface area contributed by atoms with E-state index in [4.69, 9.17) is 5.26 Å². The summed E-state index contributed by atoms with van der Waals surface area (Å²) in [6, 6.07) is 3.50. The molecule has 0 aromatic heterocycles. The molecule has 0 bridgehead atoms. The molecule has 0 radical (unpaired) electrons. The fourth-order valence-corrected chi connectivity index (χ4v) is 1.67. The Morgan fingerprint density at radius 2 is 2.00 bits per heavy atom. The molecule has 0 unspecified atom stereocenters. The van der Waals surface area contributed by atoms with Crippen LogP contribution >= 0.6 is 0 Å². The lowest BCUT2D eigenvalue weighted by molar-refractivity contribution is -0.138. The van der Waals surface area contributed by atoms with Gasteiger partial charge < -0.3 is 4.74 Å². The van der Waals surface area contributed by atoms with Gasteiger partial charge in [-0.2, -0.15) is 18.4 Å². The standard InChI is InChI=1S/C13H12F3NO2/c1-3-8-5-9(7-17)10(12(18)19-4-2)6-11(8)13(14,15)16/h5-6H,3-4H2,1-2H3. The van der Waals surface area contributed by atoms with Gasteiger partial charge in [-0.3, -0.25) is 0 Å². The first-order chi connectivity index (χ1) is 8.85. The van der Waals surface area contributed by atoms with E-state index in [0.29, 0.717) is 6.07 Å². The molecule has 3 nitrogen and oxygen atoms in total. The molecule has 0 aliphatic rings. The van der Waals surface area contributed by atoms with E-state index in [1.807, 2.05) is 0 Å². The molecule has 102 valence electrons. The summed E-state index contributed by atoms with van der Waals surface area (Å²) < 4.78 is 43.3. The summed E-state index contributed by atoms with van der Waals surface area (Å²) in [5, 5.41) is 8.91. The van der Waals surface area contributed by atoms with Crippen LogP contribution in [0.25, 0.3) is 0 Å². The van der Waals surface area contributed by atoms with Gasteiger partial charge in [0, 0.05) is 0 Å². The lowest BCUT2D eigenvalue weighted by Gasteiger charge is -2.14. The highest BCUT2D eigenvalue weighted by Crippen LogP contribution is 2.34. The number of esters is 1. The molecule has 0 N–H and O–H groups in total. The molecule has 1 rings (SSSR count). The van der Waals surface area contributed by atoms with Crippen molar-refractivity contribution in [3.63, 3.8) is 0 Å². The number of carbonyl (C=O) groups is 1. The van der Waals surface area contributed by atoms with E-state index in [0.717, 1.165) is 6.07 Å². The smallest absolute Gasteiger partial charge is 0.416 e. The number of rotatable bonds is 3. The summed E-state index contributed by atoms with van der Waals surface area (Å²) in [6.07, 6.45) is -4.45. The van der Waals surface area contributed by atoms with Crippen LogP contribution in [0.15, 0.2) is 12.1 Å². The quantitative estimate of drug-likeness (QED) is 0.792. The van der Waals surface area contributed by atoms with Crippen LogP contribution < -0.4 is 0 Å². The number of nitrogens with zero attached hydrogens (tertiary/aromatic N) is 1. The Morgan fingerprint density at radius 1 is 1.37 bits per heavy atom. The van der Waals surface area contributed by atoms with Gasteiger partial charge in [-0.1, -0.05) is 6.92 Å². The maximum absolute atomic E-state index is 12.9. The van der Waals surface area contributed by atoms with Crippen molar-refractivity contribution in [1.82, 2.24) is 0 Å². The number of carbonyl (C=O) groups excluding carboxylic acids is 1. The number of benzene rings is 1. The zero-order chi connectivity index (χ0) is 14.6. The fourth-order valence-electron chi connectivity index (χ4n) is 1.67. The number of nitriles is 1. The van der Waals surface area contributed by atoms with Crippen LogP contribution in [0.5, 0.6) is 0 Å². The molecular weight excluding hydrogens is 259 g/mol. The van der Waals surface area contributed by atoms with Crippen LogP contribution in [-0.2, 0) is 17.3 Å². The second kappa shape index (κ2) is 5.74. The summed E-state index contributed by atoms with van der Waals surface area (Å²) in [7, 11) is 0. The average Bonchev–Trinajstić information content (AvgIpc) is 2.36. The number of aryl methyl sites for hydroxylation is 1. The fraction of sp³-hybridized carbons (Fsp3) is 0.385. The Labute approximate surface area is 108 Å². The van der Waals surface area contributed by atoms with E-state index in [1.165, 1.54) is 6.92 Å². The molecule has 0 amide bonds. The minimum atomic E-state index is -4.57. The van der Waals surface area contributed by atoms with Crippen molar-refractivity contribution in [3.8, 4) is 6.07 Å². The molecule has 6 heteroatoms. The highest BCUT2D eigenvalue weighted by molar-refractivity contribution is 5.92. The number of hydrogen-bond acceptors (Lipinski definition) is 3. The third kappa shape index (κ3) is 3.25. The van der Waals surface area contributed by atoms with Crippen molar-refractivity contribution in [2.24, 2.45) is 0 Å². The molecule has 0 fully saturated rings. The third-order valence-electron chi connectivity index (χ3n) is 2.55. The molecule has 0 aliphatic heterocycles. The molecule has 19 heavy (non-hydrogen) atoms. The lowest BCUT2D eigenvalue weighted by Crippen LogP contribution is -2.14. The predicted molar refractivity (Wildman–Crippen MR) is 61.5 cm³/mol. The van der Waals surface area contributed by atoms with Crippen LogP contribution in [0.3, 0.4) is 0 Å². The van der Waals surface area contributed by atoms with Gasteiger partial charge in [0.25, 0.3) is 0 Å². The van der Waals surface area contributed by atoms with Gasteiger partial charge in [0.1, 0.15) is 6.07 Å². The van der Waals surface area contributed by atoms with Crippen molar-refractivity contribution < 1.29 is 22.7 Å². The van der Waals surface area contributed by atoms with Crippen molar-refractivity contribution in [2.75, 3.05) is 6.61 Å². The topological polar surface area (TPSA) is 50.1 Å². The number of ether oxygens (including phenoxy) is 1. The average molecular weight is 271 g/mol. The van der Waals surface area contributed by atoms with E-state index in [1.54, 1.807) is 13.0 Å². The first-order valence-corrected chi connectivity index (χ1v) is 5.66. The molecule has 0 heterocycles. The zero-order valence-electron chi connectivity index (χ0n) is 10.5. The minimum Gasteiger partial charge on any atom is -0.462 e. The highest BCUT2D eigenvalue weighted by atomic mass is 19.4. The molecule has 0 saturated carbocycles. The van der Waals surface area contributed by atoms with Crippen molar-refractivity contribution in [1.29, 1.82) is 5.26 Å². The van der Waals surface area contributed by atoms with Gasteiger partial charge in [0.15, 0.2) is 0 Å². The zero-order valence-corrected chi connectivity index (χ0v) is 10.5. The maximum Gasteiger partial charge on any atom is 0.416 e. The maximum atomic E-state index is 12.9. The van der Waals surface area contributed by atoms with Gasteiger partial charge in [-0.05, 0) is 31.0 Å². The minimum absolute atomic E-state index is 0.0166. The highest BCUT2D eigenvalue weighted by Gasteiger charge is 2.34. The Balaban J connectivity index is 3.47. The largest absolute Gasteiger partial charge is 0.462 e. The van der Waals surface area contributed by atoms with Gasteiger partial charge >= 0.3 is 12.1 Å². The van der Waals surface area contributed by atoms with Gasteiger partial charge in [-0.15, -0.1) is 0 Å². The third-order valence-corrected chi connectivity index (χ3v) is 2.55. The molecule has 1 aromatic rings. The number of hydrogen-bond donors (Lipinski definition) is 0. The first-order valence-electron chi connectivity index (χ1n) is 5.66. The van der Waals surface area contributed by atoms with Gasteiger partial charge in [0.2, 0.25) is 0 Å². The second-order valence-electron chi connectivity index (χ2n) is 3.74. The Morgan fingerprint density at radius 3 is 2.42 bits per heavy atom. The first kappa shape index (κ1) is 15.0. The van der Waals surface area contributed by atoms with Gasteiger partial charge in [-0.25, -0.2) is 4.79 Å². The van der Waals surface area contributed by atoms with E-state index in [-0.39, 0.29) is 29.7 Å². The van der Waals surface area contributed by atoms with E-state index in [2.05, 4.69) is 4.74 Å². The molecular formula is C13H12F3NO2. The normalized spacial score (nSPS) is 10.9. The molecule has 1 aromatic carbocycles. The molecule has 0 aliphatic carbocycles. The van der Waals surface area contributed by atoms with E-state index < -0.39 is 17.7 Å². The van der Waals surface area contributed by atoms with Crippen LogP contribution in [0.1, 0.15) is 40.9 Å². The SMILES string of the molecule is CCOC(=O)c1cc(C(F)(F)F)c(CC)cc1C#N. The predicted octanol–water partition coefficient (Wildman–Crippen LogP) is 3.32.